The van der Waals surface area contributed by atoms with Gasteiger partial charge in [-0.3, -0.25) is 0 Å². The summed E-state index contributed by atoms with van der Waals surface area (Å²) in [6.45, 7) is 3.02. The quantitative estimate of drug-likeness (QED) is 0.750. The Labute approximate surface area is 89.2 Å². The van der Waals surface area contributed by atoms with E-state index in [9.17, 15) is 0 Å². The molecule has 1 rings (SSSR count). The smallest absolute Gasteiger partial charge is 0.157 e. The Bertz CT molecular complexity index is 326. The lowest BCUT2D eigenvalue weighted by molar-refractivity contribution is 0.832. The molecule has 0 spiro atoms. The van der Waals surface area contributed by atoms with E-state index in [1.165, 1.54) is 0 Å². The van der Waals surface area contributed by atoms with Crippen LogP contribution >= 0.6 is 12.2 Å². The molecular weight excluding hydrogens is 196 g/mol. The van der Waals surface area contributed by atoms with E-state index in [1.54, 1.807) is 12.4 Å². The first-order valence-electron chi connectivity index (χ1n) is 4.48. The van der Waals surface area contributed by atoms with E-state index < -0.39 is 0 Å². The fourth-order valence-electron chi connectivity index (χ4n) is 1.23. The molecule has 0 aliphatic heterocycles. The molecule has 0 saturated carbocycles. The molecule has 14 heavy (non-hydrogen) atoms. The maximum absolute atomic E-state index is 5.55. The van der Waals surface area contributed by atoms with Crippen molar-refractivity contribution in [1.29, 1.82) is 0 Å². The highest BCUT2D eigenvalue weighted by molar-refractivity contribution is 7.80. The van der Waals surface area contributed by atoms with Gasteiger partial charge in [-0.15, -0.1) is 0 Å². The zero-order valence-electron chi connectivity index (χ0n) is 8.40. The molecule has 76 valence electrons. The lowest BCUT2D eigenvalue weighted by Gasteiger charge is -2.18. The molecule has 1 aromatic heterocycles. The Morgan fingerprint density at radius 3 is 2.71 bits per heavy atom. The molecule has 0 unspecified atom stereocenters. The van der Waals surface area contributed by atoms with E-state index in [1.807, 2.05) is 11.9 Å². The van der Waals surface area contributed by atoms with Gasteiger partial charge in [-0.2, -0.15) is 0 Å². The van der Waals surface area contributed by atoms with Gasteiger partial charge in [-0.1, -0.05) is 19.1 Å². The van der Waals surface area contributed by atoms with Gasteiger partial charge < -0.3 is 10.6 Å². The third-order valence-corrected chi connectivity index (χ3v) is 2.03. The summed E-state index contributed by atoms with van der Waals surface area (Å²) in [6, 6.07) is 0. The van der Waals surface area contributed by atoms with Crippen LogP contribution in [0.25, 0.3) is 0 Å². The summed E-state index contributed by atoms with van der Waals surface area (Å²) in [5.41, 5.74) is 6.15. The molecule has 0 bridgehead atoms. The summed E-state index contributed by atoms with van der Waals surface area (Å²) in [7, 11) is 1.95. The molecule has 0 fully saturated rings. The van der Waals surface area contributed by atoms with Gasteiger partial charge >= 0.3 is 0 Å². The van der Waals surface area contributed by atoms with E-state index >= 15 is 0 Å². The van der Waals surface area contributed by atoms with E-state index in [4.69, 9.17) is 18.0 Å². The van der Waals surface area contributed by atoms with Gasteiger partial charge in [0.2, 0.25) is 0 Å². The van der Waals surface area contributed by atoms with Crippen molar-refractivity contribution in [2.45, 2.75) is 13.3 Å². The third kappa shape index (κ3) is 2.38. The molecule has 1 aromatic rings. The highest BCUT2D eigenvalue weighted by atomic mass is 32.1. The normalized spacial score (nSPS) is 9.86. The van der Waals surface area contributed by atoms with Crippen LogP contribution in [-0.2, 0) is 0 Å². The summed E-state index contributed by atoms with van der Waals surface area (Å²) in [4.78, 5) is 10.6. The number of nitrogens with two attached hydrogens (primary N) is 1. The van der Waals surface area contributed by atoms with E-state index in [-0.39, 0.29) is 4.99 Å². The van der Waals surface area contributed by atoms with Crippen molar-refractivity contribution in [2.75, 3.05) is 18.5 Å². The first-order chi connectivity index (χ1) is 6.66. The summed E-state index contributed by atoms with van der Waals surface area (Å²) in [6.07, 6.45) is 4.28. The minimum absolute atomic E-state index is 0.288. The lowest BCUT2D eigenvalue weighted by atomic mass is 10.3. The highest BCUT2D eigenvalue weighted by Gasteiger charge is 2.10. The summed E-state index contributed by atoms with van der Waals surface area (Å²) < 4.78 is 0. The zero-order chi connectivity index (χ0) is 10.6. The second-order valence-electron chi connectivity index (χ2n) is 3.01. The maximum Gasteiger partial charge on any atom is 0.157 e. The molecular formula is C9H14N4S. The fourth-order valence-corrected chi connectivity index (χ4v) is 1.37. The van der Waals surface area contributed by atoms with Gasteiger partial charge in [0.25, 0.3) is 0 Å². The molecule has 2 N–H and O–H groups in total. The summed E-state index contributed by atoms with van der Waals surface area (Å²) in [5, 5.41) is 0. The van der Waals surface area contributed by atoms with Crippen LogP contribution in [0.15, 0.2) is 12.4 Å². The Morgan fingerprint density at radius 1 is 1.50 bits per heavy atom. The van der Waals surface area contributed by atoms with Crippen LogP contribution < -0.4 is 10.6 Å². The first kappa shape index (κ1) is 10.8. The molecule has 0 amide bonds. The van der Waals surface area contributed by atoms with Crippen molar-refractivity contribution < 1.29 is 0 Å². The average Bonchev–Trinajstić information content (AvgIpc) is 2.18. The van der Waals surface area contributed by atoms with Crippen LogP contribution in [0.3, 0.4) is 0 Å². The SMILES string of the molecule is CCCN(C)c1nccnc1C(N)=S. The second-order valence-corrected chi connectivity index (χ2v) is 3.45. The van der Waals surface area contributed by atoms with Crippen molar-refractivity contribution in [3.05, 3.63) is 18.1 Å². The lowest BCUT2D eigenvalue weighted by Crippen LogP contribution is -2.24. The monoisotopic (exact) mass is 210 g/mol. The van der Waals surface area contributed by atoms with Crippen molar-refractivity contribution in [2.24, 2.45) is 5.73 Å². The van der Waals surface area contributed by atoms with Crippen LogP contribution in [-0.4, -0.2) is 28.5 Å². The predicted molar refractivity (Wildman–Crippen MR) is 61.5 cm³/mol. The van der Waals surface area contributed by atoms with Crippen LogP contribution in [0.5, 0.6) is 0 Å². The first-order valence-corrected chi connectivity index (χ1v) is 4.89. The predicted octanol–water partition coefficient (Wildman–Crippen LogP) is 0.957. The zero-order valence-corrected chi connectivity index (χ0v) is 9.21. The third-order valence-electron chi connectivity index (χ3n) is 1.83. The van der Waals surface area contributed by atoms with Crippen molar-refractivity contribution in [3.8, 4) is 0 Å². The standard InChI is InChI=1S/C9H14N4S/c1-3-6-13(2)9-7(8(10)14)11-4-5-12-9/h4-5H,3,6H2,1-2H3,(H2,10,14). The Morgan fingerprint density at radius 2 is 2.14 bits per heavy atom. The minimum atomic E-state index is 0.288. The van der Waals surface area contributed by atoms with Gasteiger partial charge in [-0.25, -0.2) is 9.97 Å². The van der Waals surface area contributed by atoms with Crippen molar-refractivity contribution >= 4 is 23.0 Å². The van der Waals surface area contributed by atoms with Gasteiger partial charge in [0.1, 0.15) is 10.7 Å². The molecule has 0 saturated heterocycles. The Kier molecular flexibility index (Phi) is 3.76. The van der Waals surface area contributed by atoms with Gasteiger partial charge in [-0.05, 0) is 6.42 Å². The minimum Gasteiger partial charge on any atom is -0.388 e. The number of rotatable bonds is 4. The van der Waals surface area contributed by atoms with Crippen LogP contribution in [0.1, 0.15) is 19.0 Å². The average molecular weight is 210 g/mol. The molecule has 4 nitrogen and oxygen atoms in total. The molecule has 5 heteroatoms. The number of nitrogens with zero attached hydrogens (tertiary/aromatic N) is 3. The van der Waals surface area contributed by atoms with E-state index in [0.717, 1.165) is 18.8 Å². The number of thiocarbonyl (C=S) groups is 1. The Balaban J connectivity index is 3.00. The maximum atomic E-state index is 5.55. The topological polar surface area (TPSA) is 55.0 Å². The van der Waals surface area contributed by atoms with Crippen LogP contribution in [0, 0.1) is 0 Å². The molecule has 0 aliphatic carbocycles. The molecule has 0 radical (unpaired) electrons. The summed E-state index contributed by atoms with van der Waals surface area (Å²) >= 11 is 4.90. The van der Waals surface area contributed by atoms with Crippen molar-refractivity contribution in [1.82, 2.24) is 9.97 Å². The Hall–Kier alpha value is -1.23. The summed E-state index contributed by atoms with van der Waals surface area (Å²) in [5.74, 6) is 0.752. The molecule has 1 heterocycles. The number of anilines is 1. The second kappa shape index (κ2) is 4.85. The molecule has 0 aromatic carbocycles. The van der Waals surface area contributed by atoms with Crippen LogP contribution in [0.2, 0.25) is 0 Å². The van der Waals surface area contributed by atoms with Crippen LogP contribution in [0.4, 0.5) is 5.82 Å². The number of hydrogen-bond donors (Lipinski definition) is 1. The van der Waals surface area contributed by atoms with Crippen molar-refractivity contribution in [3.63, 3.8) is 0 Å². The number of hydrogen-bond acceptors (Lipinski definition) is 4. The van der Waals surface area contributed by atoms with Gasteiger partial charge in [0, 0.05) is 26.0 Å². The number of aromatic nitrogens is 2. The van der Waals surface area contributed by atoms with E-state index in [0.29, 0.717) is 5.69 Å². The van der Waals surface area contributed by atoms with E-state index in [2.05, 4.69) is 16.9 Å². The fraction of sp³-hybridized carbons (Fsp3) is 0.444. The molecule has 0 atom stereocenters. The van der Waals surface area contributed by atoms with Gasteiger partial charge in [0.15, 0.2) is 5.82 Å². The highest BCUT2D eigenvalue weighted by Crippen LogP contribution is 2.12. The largest absolute Gasteiger partial charge is 0.388 e. The molecule has 0 aliphatic rings. The van der Waals surface area contributed by atoms with Gasteiger partial charge in [0.05, 0.1) is 0 Å².